The number of hydrogen-bond donors (Lipinski definition) is 3. The van der Waals surface area contributed by atoms with Gasteiger partial charge in [0, 0.05) is 17.8 Å². The fraction of sp³-hybridized carbons (Fsp3) is 0.158. The van der Waals surface area contributed by atoms with Crippen molar-refractivity contribution < 1.29 is 19.8 Å². The molecule has 1 amide bonds. The summed E-state index contributed by atoms with van der Waals surface area (Å²) in [5.41, 5.74) is 2.24. The summed E-state index contributed by atoms with van der Waals surface area (Å²) in [6.45, 7) is 4.23. The van der Waals surface area contributed by atoms with Crippen molar-refractivity contribution in [2.75, 3.05) is 5.32 Å². The van der Waals surface area contributed by atoms with Crippen molar-refractivity contribution in [1.82, 2.24) is 0 Å². The van der Waals surface area contributed by atoms with E-state index in [1.54, 1.807) is 6.08 Å². The Morgan fingerprint density at radius 1 is 1.08 bits per heavy atom. The summed E-state index contributed by atoms with van der Waals surface area (Å²) in [5, 5.41) is 21.0. The number of benzene rings is 2. The maximum absolute atomic E-state index is 11.9. The number of hydrogen-bond acceptors (Lipinski definition) is 3. The molecule has 0 spiro atoms. The Balaban J connectivity index is 2.02. The summed E-state index contributed by atoms with van der Waals surface area (Å²) >= 11 is 0. The van der Waals surface area contributed by atoms with Gasteiger partial charge in [-0.25, -0.2) is 4.79 Å². The summed E-state index contributed by atoms with van der Waals surface area (Å²) in [5.74, 6) is -1.54. The SMILES string of the molecule is CC(C)c1ccc(/C=C/C(=O)Nc2ccc(C(=O)O)c(O)c2)cc1. The fourth-order valence-corrected chi connectivity index (χ4v) is 2.14. The van der Waals surface area contributed by atoms with E-state index in [0.717, 1.165) is 5.56 Å². The van der Waals surface area contributed by atoms with Crippen LogP contribution in [-0.2, 0) is 4.79 Å². The molecule has 2 aromatic rings. The topological polar surface area (TPSA) is 86.6 Å². The predicted molar refractivity (Wildman–Crippen MR) is 93.3 cm³/mol. The molecule has 0 aliphatic carbocycles. The zero-order valence-electron chi connectivity index (χ0n) is 13.5. The van der Waals surface area contributed by atoms with E-state index in [-0.39, 0.29) is 11.5 Å². The highest BCUT2D eigenvalue weighted by atomic mass is 16.4. The van der Waals surface area contributed by atoms with Crippen molar-refractivity contribution in [3.8, 4) is 5.75 Å². The van der Waals surface area contributed by atoms with Crippen LogP contribution in [0.5, 0.6) is 5.75 Å². The van der Waals surface area contributed by atoms with Crippen molar-refractivity contribution in [3.63, 3.8) is 0 Å². The van der Waals surface area contributed by atoms with Gasteiger partial charge in [-0.15, -0.1) is 0 Å². The first kappa shape index (κ1) is 17.3. The van der Waals surface area contributed by atoms with Crippen molar-refractivity contribution in [2.45, 2.75) is 19.8 Å². The van der Waals surface area contributed by atoms with Crippen LogP contribution in [0.1, 0.15) is 41.3 Å². The Bertz CT molecular complexity index is 776. The van der Waals surface area contributed by atoms with Gasteiger partial charge in [0.1, 0.15) is 11.3 Å². The molecule has 0 radical (unpaired) electrons. The molecule has 0 atom stereocenters. The second-order valence-corrected chi connectivity index (χ2v) is 5.68. The number of carboxylic acids is 1. The molecule has 2 rings (SSSR count). The first-order chi connectivity index (χ1) is 11.4. The molecule has 24 heavy (non-hydrogen) atoms. The molecule has 0 aromatic heterocycles. The lowest BCUT2D eigenvalue weighted by Crippen LogP contribution is -2.08. The second kappa shape index (κ2) is 7.46. The first-order valence-corrected chi connectivity index (χ1v) is 7.52. The van der Waals surface area contributed by atoms with E-state index in [0.29, 0.717) is 11.6 Å². The lowest BCUT2D eigenvalue weighted by molar-refractivity contribution is -0.111. The van der Waals surface area contributed by atoms with Crippen LogP contribution in [0.4, 0.5) is 5.69 Å². The van der Waals surface area contributed by atoms with Gasteiger partial charge in [0.05, 0.1) is 0 Å². The highest BCUT2D eigenvalue weighted by Gasteiger charge is 2.10. The van der Waals surface area contributed by atoms with Gasteiger partial charge in [-0.1, -0.05) is 38.1 Å². The van der Waals surface area contributed by atoms with Gasteiger partial charge >= 0.3 is 5.97 Å². The molecule has 3 N–H and O–H groups in total. The normalized spacial score (nSPS) is 11.0. The third-order valence-corrected chi connectivity index (χ3v) is 3.53. The van der Waals surface area contributed by atoms with Crippen molar-refractivity contribution >= 4 is 23.6 Å². The monoisotopic (exact) mass is 325 g/mol. The maximum atomic E-state index is 11.9. The van der Waals surface area contributed by atoms with Crippen LogP contribution in [0.15, 0.2) is 48.5 Å². The van der Waals surface area contributed by atoms with E-state index in [9.17, 15) is 14.7 Å². The van der Waals surface area contributed by atoms with Gasteiger partial charge in [0.15, 0.2) is 0 Å². The number of carbonyl (C=O) groups excluding carboxylic acids is 1. The highest BCUT2D eigenvalue weighted by Crippen LogP contribution is 2.22. The van der Waals surface area contributed by atoms with E-state index in [2.05, 4.69) is 19.2 Å². The summed E-state index contributed by atoms with van der Waals surface area (Å²) in [7, 11) is 0. The van der Waals surface area contributed by atoms with E-state index < -0.39 is 11.7 Å². The molecule has 0 aliphatic rings. The molecule has 5 nitrogen and oxygen atoms in total. The van der Waals surface area contributed by atoms with Crippen LogP contribution in [0.3, 0.4) is 0 Å². The van der Waals surface area contributed by atoms with Gasteiger partial charge in [0.2, 0.25) is 5.91 Å². The number of phenols is 1. The minimum Gasteiger partial charge on any atom is -0.507 e. The third-order valence-electron chi connectivity index (χ3n) is 3.53. The van der Waals surface area contributed by atoms with Crippen LogP contribution >= 0.6 is 0 Å². The molecule has 0 bridgehead atoms. The number of rotatable bonds is 5. The van der Waals surface area contributed by atoms with Crippen molar-refractivity contribution in [3.05, 3.63) is 65.2 Å². The number of carboxylic acid groups (broad SMARTS) is 1. The molecule has 0 fully saturated rings. The maximum Gasteiger partial charge on any atom is 0.339 e. The van der Waals surface area contributed by atoms with Gasteiger partial charge in [-0.3, -0.25) is 4.79 Å². The quantitative estimate of drug-likeness (QED) is 0.728. The molecule has 0 aliphatic heterocycles. The van der Waals surface area contributed by atoms with Crippen molar-refractivity contribution in [1.29, 1.82) is 0 Å². The van der Waals surface area contributed by atoms with E-state index in [1.165, 1.54) is 29.8 Å². The number of anilines is 1. The smallest absolute Gasteiger partial charge is 0.339 e. The number of carbonyl (C=O) groups is 2. The van der Waals surface area contributed by atoms with Crippen LogP contribution in [0.25, 0.3) is 6.08 Å². The van der Waals surface area contributed by atoms with Gasteiger partial charge in [-0.05, 0) is 35.3 Å². The predicted octanol–water partition coefficient (Wildman–Crippen LogP) is 3.87. The number of nitrogens with one attached hydrogen (secondary N) is 1. The average Bonchev–Trinajstić information content (AvgIpc) is 2.53. The lowest BCUT2D eigenvalue weighted by Gasteiger charge is -2.05. The highest BCUT2D eigenvalue weighted by molar-refractivity contribution is 6.02. The molecule has 0 saturated heterocycles. The minimum atomic E-state index is -1.23. The lowest BCUT2D eigenvalue weighted by atomic mass is 10.0. The fourth-order valence-electron chi connectivity index (χ4n) is 2.14. The average molecular weight is 325 g/mol. The molecular formula is C19H19NO4. The molecular weight excluding hydrogens is 306 g/mol. The molecule has 2 aromatic carbocycles. The molecule has 5 heteroatoms. The minimum absolute atomic E-state index is 0.214. The Morgan fingerprint density at radius 3 is 2.29 bits per heavy atom. The second-order valence-electron chi connectivity index (χ2n) is 5.68. The Labute approximate surface area is 140 Å². The van der Waals surface area contributed by atoms with E-state index >= 15 is 0 Å². The first-order valence-electron chi connectivity index (χ1n) is 7.52. The Morgan fingerprint density at radius 2 is 1.75 bits per heavy atom. The summed E-state index contributed by atoms with van der Waals surface area (Å²) in [6.07, 6.45) is 3.07. The van der Waals surface area contributed by atoms with E-state index in [1.807, 2.05) is 24.3 Å². The molecule has 0 saturated carbocycles. The van der Waals surface area contributed by atoms with Crippen LogP contribution in [0, 0.1) is 0 Å². The Kier molecular flexibility index (Phi) is 5.37. The van der Waals surface area contributed by atoms with Gasteiger partial charge in [0.25, 0.3) is 0 Å². The summed E-state index contributed by atoms with van der Waals surface area (Å²) < 4.78 is 0. The molecule has 124 valence electrons. The van der Waals surface area contributed by atoms with Crippen LogP contribution < -0.4 is 5.32 Å². The van der Waals surface area contributed by atoms with Crippen LogP contribution in [-0.4, -0.2) is 22.1 Å². The number of aromatic carboxylic acids is 1. The number of amides is 1. The van der Waals surface area contributed by atoms with Crippen LogP contribution in [0.2, 0.25) is 0 Å². The molecule has 0 heterocycles. The van der Waals surface area contributed by atoms with Gasteiger partial charge in [-0.2, -0.15) is 0 Å². The summed E-state index contributed by atoms with van der Waals surface area (Å²) in [4.78, 5) is 22.7. The zero-order chi connectivity index (χ0) is 17.7. The van der Waals surface area contributed by atoms with E-state index in [4.69, 9.17) is 5.11 Å². The van der Waals surface area contributed by atoms with Gasteiger partial charge < -0.3 is 15.5 Å². The Hall–Kier alpha value is -3.08. The number of aromatic hydroxyl groups is 1. The molecule has 0 unspecified atom stereocenters. The largest absolute Gasteiger partial charge is 0.507 e. The van der Waals surface area contributed by atoms with Crippen molar-refractivity contribution in [2.24, 2.45) is 0 Å². The zero-order valence-corrected chi connectivity index (χ0v) is 13.5. The summed E-state index contributed by atoms with van der Waals surface area (Å²) in [6, 6.07) is 11.8. The third kappa shape index (κ3) is 4.46. The standard InChI is InChI=1S/C19H19NO4/c1-12(2)14-6-3-13(4-7-14)5-10-18(22)20-15-8-9-16(19(23)24)17(21)11-15/h3-12,21H,1-2H3,(H,20,22)(H,23,24)/b10-5+.